The number of carbonyl (C=O) groups excluding carboxylic acids is 1. The monoisotopic (exact) mass is 210 g/mol. The van der Waals surface area contributed by atoms with Crippen molar-refractivity contribution in [3.05, 3.63) is 35.1 Å². The fourth-order valence-corrected chi connectivity index (χ4v) is 1.41. The molecule has 2 nitrogen and oxygen atoms in total. The summed E-state index contributed by atoms with van der Waals surface area (Å²) in [5.74, 6) is -0.450. The van der Waals surface area contributed by atoms with Gasteiger partial charge in [0.1, 0.15) is 5.82 Å². The third-order valence-electron chi connectivity index (χ3n) is 2.21. The number of hydrogen-bond acceptors (Lipinski definition) is 2. The van der Waals surface area contributed by atoms with E-state index in [9.17, 15) is 9.18 Å². The van der Waals surface area contributed by atoms with Crippen molar-refractivity contribution in [2.45, 2.75) is 26.7 Å². The second kappa shape index (κ2) is 5.49. The van der Waals surface area contributed by atoms with Crippen molar-refractivity contribution in [2.75, 3.05) is 6.61 Å². The Bertz CT molecular complexity index is 347. The number of halogens is 1. The zero-order valence-electron chi connectivity index (χ0n) is 9.05. The average Bonchev–Trinajstić information content (AvgIpc) is 2.17. The topological polar surface area (TPSA) is 26.3 Å². The van der Waals surface area contributed by atoms with E-state index in [2.05, 4.69) is 0 Å². The molecule has 0 aliphatic carbocycles. The van der Waals surface area contributed by atoms with E-state index in [1.165, 1.54) is 12.1 Å². The number of rotatable bonds is 4. The number of benzene rings is 1. The molecule has 3 heteroatoms. The van der Waals surface area contributed by atoms with Gasteiger partial charge in [0, 0.05) is 6.42 Å². The Morgan fingerprint density at radius 3 is 2.80 bits per heavy atom. The first kappa shape index (κ1) is 11.7. The van der Waals surface area contributed by atoms with Crippen molar-refractivity contribution in [2.24, 2.45) is 0 Å². The minimum Gasteiger partial charge on any atom is -0.466 e. The van der Waals surface area contributed by atoms with Crippen LogP contribution in [-0.4, -0.2) is 12.6 Å². The number of aryl methyl sites for hydroxylation is 2. The highest BCUT2D eigenvalue weighted by molar-refractivity contribution is 5.69. The van der Waals surface area contributed by atoms with Crippen LogP contribution in [0.1, 0.15) is 24.5 Å². The molecule has 0 aromatic heterocycles. The second-order valence-corrected chi connectivity index (χ2v) is 3.38. The predicted octanol–water partition coefficient (Wildman–Crippen LogP) is 2.63. The molecular formula is C12H15FO2. The molecule has 1 aromatic rings. The van der Waals surface area contributed by atoms with Gasteiger partial charge in [-0.2, -0.15) is 0 Å². The van der Waals surface area contributed by atoms with Crippen LogP contribution in [-0.2, 0) is 16.0 Å². The molecule has 0 saturated carbocycles. The number of ether oxygens (including phenoxy) is 1. The maximum Gasteiger partial charge on any atom is 0.306 e. The third-order valence-corrected chi connectivity index (χ3v) is 2.21. The molecular weight excluding hydrogens is 195 g/mol. The highest BCUT2D eigenvalue weighted by atomic mass is 19.1. The molecule has 0 amide bonds. The highest BCUT2D eigenvalue weighted by Crippen LogP contribution is 2.12. The number of hydrogen-bond donors (Lipinski definition) is 0. The normalized spacial score (nSPS) is 10.1. The molecule has 0 heterocycles. The lowest BCUT2D eigenvalue weighted by atomic mass is 10.0. The molecule has 0 fully saturated rings. The van der Waals surface area contributed by atoms with Crippen molar-refractivity contribution in [1.82, 2.24) is 0 Å². The van der Waals surface area contributed by atoms with E-state index >= 15 is 0 Å². The highest BCUT2D eigenvalue weighted by Gasteiger charge is 2.05. The zero-order chi connectivity index (χ0) is 11.3. The van der Waals surface area contributed by atoms with E-state index in [0.717, 1.165) is 11.1 Å². The van der Waals surface area contributed by atoms with Gasteiger partial charge >= 0.3 is 5.97 Å². The molecule has 0 spiro atoms. The van der Waals surface area contributed by atoms with Crippen LogP contribution >= 0.6 is 0 Å². The summed E-state index contributed by atoms with van der Waals surface area (Å²) in [6.07, 6.45) is 0.950. The summed E-state index contributed by atoms with van der Waals surface area (Å²) in [4.78, 5) is 11.1. The maximum absolute atomic E-state index is 12.8. The second-order valence-electron chi connectivity index (χ2n) is 3.38. The summed E-state index contributed by atoms with van der Waals surface area (Å²) >= 11 is 0. The average molecular weight is 210 g/mol. The molecule has 82 valence electrons. The molecule has 1 aromatic carbocycles. The summed E-state index contributed by atoms with van der Waals surface area (Å²) in [6.45, 7) is 4.02. The van der Waals surface area contributed by atoms with Crippen LogP contribution in [0.3, 0.4) is 0 Å². The summed E-state index contributed by atoms with van der Waals surface area (Å²) in [5, 5.41) is 0. The first-order valence-electron chi connectivity index (χ1n) is 5.04. The van der Waals surface area contributed by atoms with Gasteiger partial charge in [-0.3, -0.25) is 4.79 Å². The standard InChI is InChI=1S/C12H15FO2/c1-3-15-12(14)7-5-10-4-6-11(13)8-9(10)2/h4,6,8H,3,5,7H2,1-2H3. The molecule has 1 rings (SSSR count). The lowest BCUT2D eigenvalue weighted by Gasteiger charge is -2.05. The van der Waals surface area contributed by atoms with Gasteiger partial charge in [0.15, 0.2) is 0 Å². The molecule has 0 N–H and O–H groups in total. The van der Waals surface area contributed by atoms with Crippen molar-refractivity contribution in [3.63, 3.8) is 0 Å². The molecule has 0 aliphatic heterocycles. The lowest BCUT2D eigenvalue weighted by molar-refractivity contribution is -0.143. The van der Waals surface area contributed by atoms with Crippen molar-refractivity contribution >= 4 is 5.97 Å². The molecule has 0 bridgehead atoms. The summed E-state index contributed by atoms with van der Waals surface area (Å²) in [5.41, 5.74) is 1.86. The largest absolute Gasteiger partial charge is 0.466 e. The smallest absolute Gasteiger partial charge is 0.306 e. The summed E-state index contributed by atoms with van der Waals surface area (Å²) in [6, 6.07) is 4.60. The van der Waals surface area contributed by atoms with Crippen LogP contribution in [0.5, 0.6) is 0 Å². The van der Waals surface area contributed by atoms with Gasteiger partial charge in [-0.15, -0.1) is 0 Å². The minimum absolute atomic E-state index is 0.207. The molecule has 0 saturated heterocycles. The van der Waals surface area contributed by atoms with E-state index in [-0.39, 0.29) is 11.8 Å². The van der Waals surface area contributed by atoms with Gasteiger partial charge in [-0.25, -0.2) is 4.39 Å². The molecule has 0 unspecified atom stereocenters. The van der Waals surface area contributed by atoms with E-state index < -0.39 is 0 Å². The zero-order valence-corrected chi connectivity index (χ0v) is 9.05. The van der Waals surface area contributed by atoms with Crippen molar-refractivity contribution in [3.8, 4) is 0 Å². The summed E-state index contributed by atoms with van der Waals surface area (Å²) < 4.78 is 17.6. The van der Waals surface area contributed by atoms with E-state index in [1.54, 1.807) is 13.0 Å². The summed E-state index contributed by atoms with van der Waals surface area (Å²) in [7, 11) is 0. The van der Waals surface area contributed by atoms with Crippen molar-refractivity contribution in [1.29, 1.82) is 0 Å². The van der Waals surface area contributed by atoms with Gasteiger partial charge in [0.2, 0.25) is 0 Å². The Morgan fingerprint density at radius 1 is 1.47 bits per heavy atom. The van der Waals surface area contributed by atoms with Crippen LogP contribution in [0.25, 0.3) is 0 Å². The fourth-order valence-electron chi connectivity index (χ4n) is 1.41. The van der Waals surface area contributed by atoms with Crippen molar-refractivity contribution < 1.29 is 13.9 Å². The third kappa shape index (κ3) is 3.70. The van der Waals surface area contributed by atoms with Gasteiger partial charge < -0.3 is 4.74 Å². The molecule has 0 aliphatic rings. The molecule has 0 atom stereocenters. The van der Waals surface area contributed by atoms with Gasteiger partial charge in [-0.05, 0) is 43.5 Å². The Morgan fingerprint density at radius 2 is 2.20 bits per heavy atom. The molecule has 0 radical (unpaired) electrons. The van der Waals surface area contributed by atoms with Crippen LogP contribution in [0, 0.1) is 12.7 Å². The predicted molar refractivity (Wildman–Crippen MR) is 56.1 cm³/mol. The van der Waals surface area contributed by atoms with Gasteiger partial charge in [0.05, 0.1) is 6.61 Å². The van der Waals surface area contributed by atoms with E-state index in [0.29, 0.717) is 19.4 Å². The maximum atomic E-state index is 12.8. The fraction of sp³-hybridized carbons (Fsp3) is 0.417. The quantitative estimate of drug-likeness (QED) is 0.714. The van der Waals surface area contributed by atoms with Gasteiger partial charge in [0.25, 0.3) is 0 Å². The SMILES string of the molecule is CCOC(=O)CCc1ccc(F)cc1C. The Hall–Kier alpha value is -1.38. The van der Waals surface area contributed by atoms with E-state index in [1.807, 2.05) is 6.92 Å². The molecule has 15 heavy (non-hydrogen) atoms. The Balaban J connectivity index is 2.54. The van der Waals surface area contributed by atoms with Crippen LogP contribution < -0.4 is 0 Å². The number of esters is 1. The first-order chi connectivity index (χ1) is 7.13. The lowest BCUT2D eigenvalue weighted by Crippen LogP contribution is -2.05. The van der Waals surface area contributed by atoms with Crippen LogP contribution in [0.2, 0.25) is 0 Å². The Labute approximate surface area is 89.1 Å². The number of carbonyl (C=O) groups is 1. The minimum atomic E-state index is -0.243. The first-order valence-corrected chi connectivity index (χ1v) is 5.04. The van der Waals surface area contributed by atoms with Crippen LogP contribution in [0.15, 0.2) is 18.2 Å². The van der Waals surface area contributed by atoms with E-state index in [4.69, 9.17) is 4.74 Å². The van der Waals surface area contributed by atoms with Crippen LogP contribution in [0.4, 0.5) is 4.39 Å². The Kier molecular flexibility index (Phi) is 4.28. The van der Waals surface area contributed by atoms with Gasteiger partial charge in [-0.1, -0.05) is 6.07 Å².